The van der Waals surface area contributed by atoms with Gasteiger partial charge >= 0.3 is 0 Å². The molecule has 1 atom stereocenters. The van der Waals surface area contributed by atoms with Crippen LogP contribution in [0.1, 0.15) is 33.6 Å². The van der Waals surface area contributed by atoms with Crippen LogP contribution in [0.25, 0.3) is 0 Å². The van der Waals surface area contributed by atoms with Crippen molar-refractivity contribution in [2.24, 2.45) is 10.9 Å². The molecule has 1 unspecified atom stereocenters. The summed E-state index contributed by atoms with van der Waals surface area (Å²) in [5, 5.41) is 3.40. The first-order chi connectivity index (χ1) is 11.0. The number of hydrogen-bond acceptors (Lipinski definition) is 3. The zero-order chi connectivity index (χ0) is 17.2. The van der Waals surface area contributed by atoms with E-state index in [1.54, 1.807) is 19.0 Å². The largest absolute Gasteiger partial charge is 0.356 e. The smallest absolute Gasteiger partial charge is 0.243 e. The summed E-state index contributed by atoms with van der Waals surface area (Å²) in [5.74, 6) is 1.62. The summed E-state index contributed by atoms with van der Waals surface area (Å²) in [5.41, 5.74) is 0. The highest BCUT2D eigenvalue weighted by molar-refractivity contribution is 14.0. The summed E-state index contributed by atoms with van der Waals surface area (Å²) in [6, 6.07) is 0. The summed E-state index contributed by atoms with van der Waals surface area (Å²) in [6.07, 6.45) is 2.25. The number of rotatable bonds is 8. The number of amides is 1. The van der Waals surface area contributed by atoms with Gasteiger partial charge < -0.3 is 20.0 Å². The van der Waals surface area contributed by atoms with Gasteiger partial charge in [-0.25, -0.2) is 4.99 Å². The third-order valence-corrected chi connectivity index (χ3v) is 4.39. The molecule has 1 heterocycles. The van der Waals surface area contributed by atoms with Crippen molar-refractivity contribution in [3.63, 3.8) is 0 Å². The molecule has 1 rings (SSSR count). The molecule has 0 bridgehead atoms. The van der Waals surface area contributed by atoms with Crippen LogP contribution in [0.15, 0.2) is 4.99 Å². The molecule has 0 aromatic carbocycles. The van der Waals surface area contributed by atoms with E-state index in [-0.39, 0.29) is 36.4 Å². The molecule has 6 nitrogen and oxygen atoms in total. The molecule has 1 amide bonds. The number of likely N-dealkylation sites (tertiary alicyclic amines) is 1. The van der Waals surface area contributed by atoms with Crippen LogP contribution in [0.3, 0.4) is 0 Å². The molecule has 1 saturated heterocycles. The first-order valence-electron chi connectivity index (χ1n) is 8.97. The van der Waals surface area contributed by atoms with Gasteiger partial charge in [-0.15, -0.1) is 24.0 Å². The quantitative estimate of drug-likeness (QED) is 0.346. The van der Waals surface area contributed by atoms with Crippen molar-refractivity contribution in [1.82, 2.24) is 20.0 Å². The summed E-state index contributed by atoms with van der Waals surface area (Å²) >= 11 is 0. The summed E-state index contributed by atoms with van der Waals surface area (Å²) in [4.78, 5) is 22.7. The van der Waals surface area contributed by atoms with Crippen molar-refractivity contribution in [3.05, 3.63) is 0 Å². The molecule has 0 saturated carbocycles. The van der Waals surface area contributed by atoms with Gasteiger partial charge in [0.1, 0.15) is 6.54 Å². The van der Waals surface area contributed by atoms with Gasteiger partial charge in [0.05, 0.1) is 0 Å². The van der Waals surface area contributed by atoms with Crippen molar-refractivity contribution >= 4 is 35.8 Å². The van der Waals surface area contributed by atoms with Crippen molar-refractivity contribution in [2.45, 2.75) is 33.6 Å². The van der Waals surface area contributed by atoms with E-state index in [9.17, 15) is 4.79 Å². The van der Waals surface area contributed by atoms with E-state index in [1.807, 2.05) is 0 Å². The van der Waals surface area contributed by atoms with E-state index < -0.39 is 0 Å². The zero-order valence-corrected chi connectivity index (χ0v) is 18.4. The van der Waals surface area contributed by atoms with Crippen LogP contribution in [-0.4, -0.2) is 86.5 Å². The summed E-state index contributed by atoms with van der Waals surface area (Å²) in [7, 11) is 3.54. The number of carbonyl (C=O) groups excluding carboxylic acids is 1. The Balaban J connectivity index is 0.00000529. The topological polar surface area (TPSA) is 51.2 Å². The molecule has 0 aliphatic carbocycles. The second-order valence-electron chi connectivity index (χ2n) is 6.44. The lowest BCUT2D eigenvalue weighted by Crippen LogP contribution is -2.42. The van der Waals surface area contributed by atoms with Crippen LogP contribution in [0, 0.1) is 5.92 Å². The molecule has 142 valence electrons. The minimum atomic E-state index is 0. The number of halogens is 1. The first-order valence-corrected chi connectivity index (χ1v) is 8.97. The molecule has 0 spiro atoms. The fraction of sp³-hybridized carbons (Fsp3) is 0.882. The van der Waals surface area contributed by atoms with Gasteiger partial charge in [0.25, 0.3) is 0 Å². The van der Waals surface area contributed by atoms with E-state index in [0.717, 1.165) is 51.6 Å². The third-order valence-electron chi connectivity index (χ3n) is 4.39. The van der Waals surface area contributed by atoms with Gasteiger partial charge in [0.15, 0.2) is 5.96 Å². The molecular weight excluding hydrogens is 417 g/mol. The molecule has 1 aliphatic heterocycles. The Labute approximate surface area is 165 Å². The fourth-order valence-electron chi connectivity index (χ4n) is 2.81. The van der Waals surface area contributed by atoms with Crippen LogP contribution < -0.4 is 5.32 Å². The van der Waals surface area contributed by atoms with E-state index in [4.69, 9.17) is 0 Å². The number of nitrogens with one attached hydrogen (secondary N) is 1. The van der Waals surface area contributed by atoms with Gasteiger partial charge in [-0.1, -0.05) is 20.8 Å². The average molecular weight is 453 g/mol. The lowest BCUT2D eigenvalue weighted by molar-refractivity contribution is -0.127. The molecule has 0 radical (unpaired) electrons. The monoisotopic (exact) mass is 453 g/mol. The Morgan fingerprint density at radius 2 is 1.92 bits per heavy atom. The van der Waals surface area contributed by atoms with Gasteiger partial charge in [0, 0.05) is 40.3 Å². The lowest BCUT2D eigenvalue weighted by Gasteiger charge is -2.24. The molecule has 1 N–H and O–H groups in total. The van der Waals surface area contributed by atoms with Gasteiger partial charge in [-0.3, -0.25) is 4.79 Å². The summed E-state index contributed by atoms with van der Waals surface area (Å²) < 4.78 is 0. The molecule has 1 fully saturated rings. The second-order valence-corrected chi connectivity index (χ2v) is 6.44. The highest BCUT2D eigenvalue weighted by Gasteiger charge is 2.26. The minimum absolute atomic E-state index is 0. The Morgan fingerprint density at radius 3 is 2.46 bits per heavy atom. The standard InChI is InChI=1S/C17H35N5O.HI/c1-6-10-18-17(19-12-16(23)20(4)5)22-11-9-15(14-22)13-21(7-2)8-3;/h15H,6-14H2,1-5H3,(H,18,19);1H. The highest BCUT2D eigenvalue weighted by atomic mass is 127. The van der Waals surface area contributed by atoms with E-state index >= 15 is 0 Å². The molecule has 7 heteroatoms. The fourth-order valence-corrected chi connectivity index (χ4v) is 2.81. The maximum absolute atomic E-state index is 11.8. The van der Waals surface area contributed by atoms with Crippen LogP contribution >= 0.6 is 24.0 Å². The number of hydrogen-bond donors (Lipinski definition) is 1. The van der Waals surface area contributed by atoms with Crippen molar-refractivity contribution < 1.29 is 4.79 Å². The highest BCUT2D eigenvalue weighted by Crippen LogP contribution is 2.17. The number of guanidine groups is 1. The Bertz CT molecular complexity index is 385. The molecule has 0 aromatic heterocycles. The minimum Gasteiger partial charge on any atom is -0.356 e. The molecule has 0 aromatic rings. The third kappa shape index (κ3) is 8.00. The Hall–Kier alpha value is -0.570. The molecule has 1 aliphatic rings. The van der Waals surface area contributed by atoms with Crippen molar-refractivity contribution in [3.8, 4) is 0 Å². The maximum Gasteiger partial charge on any atom is 0.243 e. The zero-order valence-electron chi connectivity index (χ0n) is 16.0. The van der Waals surface area contributed by atoms with Crippen LogP contribution in [0.5, 0.6) is 0 Å². The van der Waals surface area contributed by atoms with Crippen LogP contribution in [-0.2, 0) is 4.79 Å². The van der Waals surface area contributed by atoms with E-state index in [2.05, 4.69) is 40.9 Å². The Kier molecular flexibility index (Phi) is 12.4. The second kappa shape index (κ2) is 12.7. The Morgan fingerprint density at radius 1 is 1.25 bits per heavy atom. The first kappa shape index (κ1) is 23.4. The van der Waals surface area contributed by atoms with Crippen LogP contribution in [0.2, 0.25) is 0 Å². The molecule has 24 heavy (non-hydrogen) atoms. The van der Waals surface area contributed by atoms with Crippen molar-refractivity contribution in [1.29, 1.82) is 0 Å². The number of nitrogens with zero attached hydrogens (tertiary/aromatic N) is 4. The van der Waals surface area contributed by atoms with Gasteiger partial charge in [0.2, 0.25) is 5.91 Å². The van der Waals surface area contributed by atoms with E-state index in [0.29, 0.717) is 5.92 Å². The summed E-state index contributed by atoms with van der Waals surface area (Å²) in [6.45, 7) is 13.1. The number of likely N-dealkylation sites (N-methyl/N-ethyl adjacent to an activating group) is 1. The predicted molar refractivity (Wildman–Crippen MR) is 112 cm³/mol. The average Bonchev–Trinajstić information content (AvgIpc) is 3.00. The lowest BCUT2D eigenvalue weighted by atomic mass is 10.1. The molecular formula is C17H36IN5O. The van der Waals surface area contributed by atoms with Crippen molar-refractivity contribution in [2.75, 3.05) is 59.9 Å². The SMILES string of the molecule is CCCNC(=NCC(=O)N(C)C)N1CCC(CN(CC)CC)C1.I. The predicted octanol–water partition coefficient (Wildman–Crippen LogP) is 1.71. The van der Waals surface area contributed by atoms with Gasteiger partial charge in [-0.05, 0) is 31.8 Å². The van der Waals surface area contributed by atoms with Crippen LogP contribution in [0.4, 0.5) is 0 Å². The van der Waals surface area contributed by atoms with E-state index in [1.165, 1.54) is 6.42 Å². The normalized spacial score (nSPS) is 17.8. The maximum atomic E-state index is 11.8. The van der Waals surface area contributed by atoms with Gasteiger partial charge in [-0.2, -0.15) is 0 Å². The number of aliphatic imine (C=N–C) groups is 1. The number of carbonyl (C=O) groups is 1.